The van der Waals surface area contributed by atoms with Crippen LogP contribution in [0.25, 0.3) is 0 Å². The third-order valence-electron chi connectivity index (χ3n) is 3.10. The number of nitrogens with two attached hydrogens (primary N) is 1. The van der Waals surface area contributed by atoms with Gasteiger partial charge in [-0.15, -0.1) is 0 Å². The topological polar surface area (TPSA) is 80.0 Å². The second-order valence-electron chi connectivity index (χ2n) is 4.14. The molecule has 1 rings (SSSR count). The Morgan fingerprint density at radius 1 is 1.10 bits per heavy atom. The van der Waals surface area contributed by atoms with Crippen LogP contribution in [-0.2, 0) is 9.53 Å². The molecular formula is C14H21NO5. The molecule has 0 radical (unpaired) electrons. The molecule has 2 N–H and O–H groups in total. The SMILES string of the molecule is COC(=O)CC(CN)c1ccc(OC)c(OC)c1OC. The molecular weight excluding hydrogens is 262 g/mol. The Labute approximate surface area is 118 Å². The smallest absolute Gasteiger partial charge is 0.306 e. The highest BCUT2D eigenvalue weighted by atomic mass is 16.5. The molecule has 20 heavy (non-hydrogen) atoms. The molecule has 1 aromatic rings. The first-order valence-corrected chi connectivity index (χ1v) is 6.18. The highest BCUT2D eigenvalue weighted by molar-refractivity contribution is 5.71. The van der Waals surface area contributed by atoms with E-state index in [0.717, 1.165) is 5.56 Å². The van der Waals surface area contributed by atoms with Crippen LogP contribution in [0.2, 0.25) is 0 Å². The van der Waals surface area contributed by atoms with Crippen molar-refractivity contribution in [1.82, 2.24) is 0 Å². The van der Waals surface area contributed by atoms with Gasteiger partial charge in [-0.05, 0) is 12.6 Å². The second-order valence-corrected chi connectivity index (χ2v) is 4.14. The van der Waals surface area contributed by atoms with Crippen molar-refractivity contribution in [2.24, 2.45) is 5.73 Å². The minimum Gasteiger partial charge on any atom is -0.493 e. The zero-order valence-electron chi connectivity index (χ0n) is 12.3. The lowest BCUT2D eigenvalue weighted by atomic mass is 9.94. The average molecular weight is 283 g/mol. The third kappa shape index (κ3) is 3.33. The van der Waals surface area contributed by atoms with Gasteiger partial charge in [0.15, 0.2) is 11.5 Å². The fourth-order valence-electron chi connectivity index (χ4n) is 2.05. The molecule has 112 valence electrons. The van der Waals surface area contributed by atoms with E-state index in [1.807, 2.05) is 6.07 Å². The molecule has 0 spiro atoms. The first-order chi connectivity index (χ1) is 9.62. The predicted molar refractivity (Wildman–Crippen MR) is 74.5 cm³/mol. The molecule has 1 aromatic carbocycles. The lowest BCUT2D eigenvalue weighted by Gasteiger charge is -2.20. The summed E-state index contributed by atoms with van der Waals surface area (Å²) in [6.45, 7) is 0.293. The summed E-state index contributed by atoms with van der Waals surface area (Å²) in [7, 11) is 5.96. The summed E-state index contributed by atoms with van der Waals surface area (Å²) in [5, 5.41) is 0. The average Bonchev–Trinajstić information content (AvgIpc) is 2.50. The van der Waals surface area contributed by atoms with Crippen LogP contribution in [0.3, 0.4) is 0 Å². The molecule has 0 aliphatic rings. The lowest BCUT2D eigenvalue weighted by molar-refractivity contribution is -0.141. The number of methoxy groups -OCH3 is 4. The van der Waals surface area contributed by atoms with Crippen molar-refractivity contribution in [2.75, 3.05) is 35.0 Å². The number of benzene rings is 1. The minimum absolute atomic E-state index is 0.179. The Bertz CT molecular complexity index is 461. The molecule has 6 nitrogen and oxygen atoms in total. The fraction of sp³-hybridized carbons (Fsp3) is 0.500. The molecule has 0 fully saturated rings. The molecule has 0 bridgehead atoms. The van der Waals surface area contributed by atoms with Gasteiger partial charge in [-0.25, -0.2) is 0 Å². The maximum Gasteiger partial charge on any atom is 0.306 e. The van der Waals surface area contributed by atoms with E-state index in [0.29, 0.717) is 23.8 Å². The van der Waals surface area contributed by atoms with E-state index >= 15 is 0 Å². The van der Waals surface area contributed by atoms with Crippen molar-refractivity contribution in [2.45, 2.75) is 12.3 Å². The lowest BCUT2D eigenvalue weighted by Crippen LogP contribution is -2.18. The molecule has 0 aromatic heterocycles. The highest BCUT2D eigenvalue weighted by Crippen LogP contribution is 2.43. The van der Waals surface area contributed by atoms with E-state index in [1.54, 1.807) is 13.2 Å². The van der Waals surface area contributed by atoms with Gasteiger partial charge in [0.05, 0.1) is 34.9 Å². The van der Waals surface area contributed by atoms with Crippen LogP contribution in [0.15, 0.2) is 12.1 Å². The number of rotatable bonds is 7. The van der Waals surface area contributed by atoms with Crippen molar-refractivity contribution in [3.63, 3.8) is 0 Å². The summed E-state index contributed by atoms with van der Waals surface area (Å²) in [4.78, 5) is 11.5. The molecule has 0 saturated heterocycles. The van der Waals surface area contributed by atoms with Gasteiger partial charge in [0.25, 0.3) is 0 Å². The largest absolute Gasteiger partial charge is 0.493 e. The van der Waals surface area contributed by atoms with E-state index in [1.165, 1.54) is 21.3 Å². The molecule has 6 heteroatoms. The van der Waals surface area contributed by atoms with E-state index in [9.17, 15) is 4.79 Å². The molecule has 0 saturated carbocycles. The first-order valence-electron chi connectivity index (χ1n) is 6.18. The first kappa shape index (κ1) is 16.1. The van der Waals surface area contributed by atoms with Gasteiger partial charge in [-0.2, -0.15) is 0 Å². The Morgan fingerprint density at radius 3 is 2.20 bits per heavy atom. The molecule has 0 amide bonds. The van der Waals surface area contributed by atoms with Crippen LogP contribution in [-0.4, -0.2) is 41.0 Å². The van der Waals surface area contributed by atoms with Crippen molar-refractivity contribution < 1.29 is 23.7 Å². The molecule has 1 atom stereocenters. The number of carbonyl (C=O) groups is 1. The minimum atomic E-state index is -0.322. The van der Waals surface area contributed by atoms with Crippen molar-refractivity contribution in [3.8, 4) is 17.2 Å². The van der Waals surface area contributed by atoms with Crippen LogP contribution in [0.4, 0.5) is 0 Å². The third-order valence-corrected chi connectivity index (χ3v) is 3.10. The number of ether oxygens (including phenoxy) is 4. The van der Waals surface area contributed by atoms with E-state index in [2.05, 4.69) is 4.74 Å². The van der Waals surface area contributed by atoms with Crippen molar-refractivity contribution >= 4 is 5.97 Å². The van der Waals surface area contributed by atoms with Gasteiger partial charge in [-0.3, -0.25) is 4.79 Å². The zero-order valence-corrected chi connectivity index (χ0v) is 12.3. The summed E-state index contributed by atoms with van der Waals surface area (Å²) in [6, 6.07) is 3.58. The van der Waals surface area contributed by atoms with Crippen LogP contribution < -0.4 is 19.9 Å². The second kappa shape index (κ2) is 7.59. The van der Waals surface area contributed by atoms with E-state index in [-0.39, 0.29) is 18.3 Å². The quantitative estimate of drug-likeness (QED) is 0.760. The summed E-state index contributed by atoms with van der Waals surface area (Å²) in [5.74, 6) is 1.03. The van der Waals surface area contributed by atoms with Crippen LogP contribution >= 0.6 is 0 Å². The zero-order chi connectivity index (χ0) is 15.1. The Hall–Kier alpha value is -1.95. The summed E-state index contributed by atoms with van der Waals surface area (Å²) >= 11 is 0. The summed E-state index contributed by atoms with van der Waals surface area (Å²) in [6.07, 6.45) is 0.179. The monoisotopic (exact) mass is 283 g/mol. The maximum atomic E-state index is 11.5. The van der Waals surface area contributed by atoms with Crippen LogP contribution in [0.5, 0.6) is 17.2 Å². The number of esters is 1. The number of hydrogen-bond acceptors (Lipinski definition) is 6. The van der Waals surface area contributed by atoms with Gasteiger partial charge >= 0.3 is 5.97 Å². The number of hydrogen-bond donors (Lipinski definition) is 1. The summed E-state index contributed by atoms with van der Waals surface area (Å²) < 4.78 is 20.6. The predicted octanol–water partition coefficient (Wildman–Crippen LogP) is 1.32. The van der Waals surface area contributed by atoms with Crippen LogP contribution in [0.1, 0.15) is 17.9 Å². The maximum absolute atomic E-state index is 11.5. The standard InChI is InChI=1S/C14H21NO5/c1-17-11-6-5-10(13(19-3)14(11)20-4)9(8-15)7-12(16)18-2/h5-6,9H,7-8,15H2,1-4H3. The van der Waals surface area contributed by atoms with E-state index < -0.39 is 0 Å². The normalized spacial score (nSPS) is 11.7. The van der Waals surface area contributed by atoms with Crippen molar-refractivity contribution in [3.05, 3.63) is 17.7 Å². The van der Waals surface area contributed by atoms with Gasteiger partial charge in [0, 0.05) is 11.5 Å². The summed E-state index contributed by atoms with van der Waals surface area (Å²) in [5.41, 5.74) is 6.55. The fourth-order valence-corrected chi connectivity index (χ4v) is 2.05. The molecule has 1 unspecified atom stereocenters. The van der Waals surface area contributed by atoms with Gasteiger partial charge < -0.3 is 24.7 Å². The van der Waals surface area contributed by atoms with E-state index in [4.69, 9.17) is 19.9 Å². The van der Waals surface area contributed by atoms with Gasteiger partial charge in [0.1, 0.15) is 0 Å². The van der Waals surface area contributed by atoms with Crippen molar-refractivity contribution in [1.29, 1.82) is 0 Å². The Balaban J connectivity index is 3.24. The molecule has 0 aliphatic carbocycles. The Morgan fingerprint density at radius 2 is 1.75 bits per heavy atom. The molecule has 0 aliphatic heterocycles. The van der Waals surface area contributed by atoms with Crippen LogP contribution in [0, 0.1) is 0 Å². The molecule has 0 heterocycles. The highest BCUT2D eigenvalue weighted by Gasteiger charge is 2.23. The van der Waals surface area contributed by atoms with Gasteiger partial charge in [0.2, 0.25) is 5.75 Å². The van der Waals surface area contributed by atoms with Gasteiger partial charge in [-0.1, -0.05) is 6.07 Å². The Kier molecular flexibility index (Phi) is 6.11. The number of carbonyl (C=O) groups excluding carboxylic acids is 1.